The Kier molecular flexibility index (Phi) is 9.49. The smallest absolute Gasteiger partial charge is 0.00608 e. The highest BCUT2D eigenvalue weighted by atomic mass is 15.1. The van der Waals surface area contributed by atoms with E-state index in [1.165, 1.54) is 51.4 Å². The number of nitrogens with zero attached hydrogens (tertiary/aromatic N) is 1. The summed E-state index contributed by atoms with van der Waals surface area (Å²) >= 11 is 0. The van der Waals surface area contributed by atoms with Crippen molar-refractivity contribution in [1.29, 1.82) is 0 Å². The van der Waals surface area contributed by atoms with E-state index in [0.717, 1.165) is 6.04 Å². The van der Waals surface area contributed by atoms with Crippen LogP contribution in [-0.2, 0) is 0 Å². The molecular weight excluding hydrogens is 170 g/mol. The van der Waals surface area contributed by atoms with Gasteiger partial charge in [-0.05, 0) is 27.4 Å². The lowest BCUT2D eigenvalue weighted by Crippen LogP contribution is -2.24. The second kappa shape index (κ2) is 9.51. The second-order valence-electron chi connectivity index (χ2n) is 4.72. The topological polar surface area (TPSA) is 3.24 Å². The SMILES string of the molecule is CCCCCCCCC[C@@H](C)N(C)C. The van der Waals surface area contributed by atoms with Gasteiger partial charge in [-0.25, -0.2) is 0 Å². The molecule has 0 N–H and O–H groups in total. The molecule has 0 bridgehead atoms. The van der Waals surface area contributed by atoms with Crippen LogP contribution in [0.25, 0.3) is 0 Å². The third-order valence-electron chi connectivity index (χ3n) is 3.11. The predicted octanol–water partition coefficient (Wildman–Crippen LogP) is 4.08. The molecule has 14 heavy (non-hydrogen) atoms. The first-order valence-electron chi connectivity index (χ1n) is 6.35. The van der Waals surface area contributed by atoms with Gasteiger partial charge in [-0.3, -0.25) is 0 Å². The van der Waals surface area contributed by atoms with Crippen molar-refractivity contribution in [2.45, 2.75) is 71.3 Å². The summed E-state index contributed by atoms with van der Waals surface area (Å²) in [4.78, 5) is 2.32. The van der Waals surface area contributed by atoms with Crippen LogP contribution in [0.1, 0.15) is 65.2 Å². The Morgan fingerprint density at radius 1 is 0.857 bits per heavy atom. The van der Waals surface area contributed by atoms with Crippen LogP contribution in [-0.4, -0.2) is 25.0 Å². The van der Waals surface area contributed by atoms with Crippen LogP contribution >= 0.6 is 0 Å². The Morgan fingerprint density at radius 3 is 1.86 bits per heavy atom. The van der Waals surface area contributed by atoms with Crippen molar-refractivity contribution >= 4 is 0 Å². The van der Waals surface area contributed by atoms with Crippen LogP contribution in [0.5, 0.6) is 0 Å². The highest BCUT2D eigenvalue weighted by molar-refractivity contribution is 4.59. The third kappa shape index (κ3) is 8.55. The fourth-order valence-electron chi connectivity index (χ4n) is 1.66. The zero-order chi connectivity index (χ0) is 10.8. The summed E-state index contributed by atoms with van der Waals surface area (Å²) in [5, 5.41) is 0. The molecule has 0 fully saturated rings. The minimum absolute atomic E-state index is 0.755. The van der Waals surface area contributed by atoms with Crippen molar-refractivity contribution in [1.82, 2.24) is 4.90 Å². The molecule has 0 radical (unpaired) electrons. The molecule has 0 aromatic rings. The molecule has 0 aliphatic carbocycles. The molecule has 0 spiro atoms. The van der Waals surface area contributed by atoms with E-state index in [4.69, 9.17) is 0 Å². The van der Waals surface area contributed by atoms with Gasteiger partial charge in [0, 0.05) is 6.04 Å². The number of unbranched alkanes of at least 4 members (excludes halogenated alkanes) is 6. The molecule has 0 rings (SSSR count). The van der Waals surface area contributed by atoms with Crippen molar-refractivity contribution in [3.63, 3.8) is 0 Å². The lowest BCUT2D eigenvalue weighted by atomic mass is 10.1. The van der Waals surface area contributed by atoms with Crippen LogP contribution in [0, 0.1) is 0 Å². The Labute approximate surface area is 90.9 Å². The standard InChI is InChI=1S/C13H29N/c1-5-6-7-8-9-10-11-12-13(2)14(3)4/h13H,5-12H2,1-4H3/t13-/m1/s1. The second-order valence-corrected chi connectivity index (χ2v) is 4.72. The van der Waals surface area contributed by atoms with Gasteiger partial charge in [0.05, 0.1) is 0 Å². The van der Waals surface area contributed by atoms with Gasteiger partial charge in [-0.1, -0.05) is 51.9 Å². The maximum Gasteiger partial charge on any atom is 0.00608 e. The molecule has 0 aromatic heterocycles. The molecular formula is C13H29N. The maximum atomic E-state index is 2.32. The first-order valence-corrected chi connectivity index (χ1v) is 6.35. The largest absolute Gasteiger partial charge is 0.307 e. The van der Waals surface area contributed by atoms with Crippen LogP contribution in [0.15, 0.2) is 0 Å². The fraction of sp³-hybridized carbons (Fsp3) is 1.00. The zero-order valence-corrected chi connectivity index (χ0v) is 10.7. The van der Waals surface area contributed by atoms with Crippen LogP contribution < -0.4 is 0 Å². The van der Waals surface area contributed by atoms with Crippen molar-refractivity contribution < 1.29 is 0 Å². The fourth-order valence-corrected chi connectivity index (χ4v) is 1.66. The molecule has 0 amide bonds. The first-order chi connectivity index (χ1) is 6.68. The van der Waals surface area contributed by atoms with E-state index >= 15 is 0 Å². The maximum absolute atomic E-state index is 2.32. The van der Waals surface area contributed by atoms with Crippen LogP contribution in [0.2, 0.25) is 0 Å². The summed E-state index contributed by atoms with van der Waals surface area (Å²) in [6.45, 7) is 4.59. The average Bonchev–Trinajstić information content (AvgIpc) is 2.16. The Hall–Kier alpha value is -0.0400. The average molecular weight is 199 g/mol. The normalized spacial score (nSPS) is 13.5. The lowest BCUT2D eigenvalue weighted by molar-refractivity contribution is 0.291. The van der Waals surface area contributed by atoms with Gasteiger partial charge in [-0.15, -0.1) is 0 Å². The van der Waals surface area contributed by atoms with E-state index in [1.807, 2.05) is 0 Å². The lowest BCUT2D eigenvalue weighted by Gasteiger charge is -2.19. The molecule has 0 saturated heterocycles. The van der Waals surface area contributed by atoms with Gasteiger partial charge in [0.15, 0.2) is 0 Å². The highest BCUT2D eigenvalue weighted by Crippen LogP contribution is 2.10. The monoisotopic (exact) mass is 199 g/mol. The van der Waals surface area contributed by atoms with Crippen LogP contribution in [0.4, 0.5) is 0 Å². The summed E-state index contributed by atoms with van der Waals surface area (Å²) in [6.07, 6.45) is 11.3. The van der Waals surface area contributed by atoms with Crippen molar-refractivity contribution in [3.8, 4) is 0 Å². The van der Waals surface area contributed by atoms with E-state index in [0.29, 0.717) is 0 Å². The summed E-state index contributed by atoms with van der Waals surface area (Å²) in [5.74, 6) is 0. The van der Waals surface area contributed by atoms with Crippen molar-refractivity contribution in [2.24, 2.45) is 0 Å². The van der Waals surface area contributed by atoms with E-state index in [-0.39, 0.29) is 0 Å². The van der Waals surface area contributed by atoms with Crippen LogP contribution in [0.3, 0.4) is 0 Å². The van der Waals surface area contributed by atoms with Crippen molar-refractivity contribution in [3.05, 3.63) is 0 Å². The molecule has 1 atom stereocenters. The molecule has 1 nitrogen and oxygen atoms in total. The van der Waals surface area contributed by atoms with Crippen molar-refractivity contribution in [2.75, 3.05) is 14.1 Å². The quantitative estimate of drug-likeness (QED) is 0.506. The highest BCUT2D eigenvalue weighted by Gasteiger charge is 2.02. The summed E-state index contributed by atoms with van der Waals surface area (Å²) in [5.41, 5.74) is 0. The number of hydrogen-bond acceptors (Lipinski definition) is 1. The van der Waals surface area contributed by atoms with Gasteiger partial charge in [0.2, 0.25) is 0 Å². The molecule has 1 heteroatoms. The Balaban J connectivity index is 3.06. The molecule has 0 aliphatic rings. The molecule has 0 aliphatic heterocycles. The molecule has 0 saturated carbocycles. The van der Waals surface area contributed by atoms with E-state index < -0.39 is 0 Å². The minimum atomic E-state index is 0.755. The number of rotatable bonds is 9. The van der Waals surface area contributed by atoms with Gasteiger partial charge >= 0.3 is 0 Å². The van der Waals surface area contributed by atoms with E-state index in [9.17, 15) is 0 Å². The number of hydrogen-bond donors (Lipinski definition) is 0. The predicted molar refractivity (Wildman–Crippen MR) is 65.8 cm³/mol. The van der Waals surface area contributed by atoms with Gasteiger partial charge in [0.1, 0.15) is 0 Å². The van der Waals surface area contributed by atoms with E-state index in [1.54, 1.807) is 0 Å². The molecule has 0 aromatic carbocycles. The Morgan fingerprint density at radius 2 is 1.36 bits per heavy atom. The summed E-state index contributed by atoms with van der Waals surface area (Å²) < 4.78 is 0. The zero-order valence-electron chi connectivity index (χ0n) is 10.7. The summed E-state index contributed by atoms with van der Waals surface area (Å²) in [7, 11) is 4.35. The van der Waals surface area contributed by atoms with Gasteiger partial charge in [0.25, 0.3) is 0 Å². The third-order valence-corrected chi connectivity index (χ3v) is 3.11. The molecule has 86 valence electrons. The minimum Gasteiger partial charge on any atom is -0.307 e. The molecule has 0 heterocycles. The summed E-state index contributed by atoms with van der Waals surface area (Å²) in [6, 6.07) is 0.755. The van der Waals surface area contributed by atoms with Gasteiger partial charge in [-0.2, -0.15) is 0 Å². The van der Waals surface area contributed by atoms with E-state index in [2.05, 4.69) is 32.8 Å². The van der Waals surface area contributed by atoms with Gasteiger partial charge < -0.3 is 4.90 Å². The Bertz CT molecular complexity index is 110. The first kappa shape index (κ1) is 14.0. The molecule has 0 unspecified atom stereocenters.